The number of fused-ring (bicyclic) bond motifs is 2. The number of urea groups is 2. The van der Waals surface area contributed by atoms with Gasteiger partial charge in [-0.15, -0.1) is 0 Å². The molecule has 3 aliphatic rings. The second kappa shape index (κ2) is 11.8. The maximum atomic E-state index is 13.7. The number of anilines is 2. The number of piperidine rings is 1. The highest BCUT2D eigenvalue weighted by molar-refractivity contribution is 6.31. The van der Waals surface area contributed by atoms with Crippen molar-refractivity contribution in [2.24, 2.45) is 4.99 Å². The normalized spacial score (nSPS) is 19.0. The smallest absolute Gasteiger partial charge is 0.325 e. The van der Waals surface area contributed by atoms with Crippen LogP contribution in [0.15, 0.2) is 77.8 Å². The van der Waals surface area contributed by atoms with Crippen LogP contribution in [-0.2, 0) is 11.3 Å². The molecule has 3 aromatic carbocycles. The van der Waals surface area contributed by atoms with Crippen LogP contribution in [0.25, 0.3) is 0 Å². The summed E-state index contributed by atoms with van der Waals surface area (Å²) in [6, 6.07) is 19.6. The van der Waals surface area contributed by atoms with Crippen LogP contribution in [0.3, 0.4) is 0 Å². The molecule has 0 aliphatic carbocycles. The summed E-state index contributed by atoms with van der Waals surface area (Å²) in [5, 5.41) is 5.62. The van der Waals surface area contributed by atoms with Crippen LogP contribution in [0.4, 0.5) is 34.1 Å². The molecule has 1 fully saturated rings. The molecule has 3 heterocycles. The maximum absolute atomic E-state index is 13.7. The average Bonchev–Trinajstić information content (AvgIpc) is 3.11. The second-order valence-electron chi connectivity index (χ2n) is 10.8. The molecule has 13 heteroatoms. The zero-order valence-electron chi connectivity index (χ0n) is 23.4. The van der Waals surface area contributed by atoms with E-state index in [9.17, 15) is 27.6 Å². The van der Waals surface area contributed by atoms with Crippen molar-refractivity contribution in [3.63, 3.8) is 0 Å². The van der Waals surface area contributed by atoms with Crippen molar-refractivity contribution in [3.05, 3.63) is 94.5 Å². The Bertz CT molecular complexity index is 1630. The fourth-order valence-electron chi connectivity index (χ4n) is 5.82. The van der Waals surface area contributed by atoms with E-state index in [1.54, 1.807) is 35.2 Å². The molecule has 0 bridgehead atoms. The van der Waals surface area contributed by atoms with E-state index in [0.717, 1.165) is 11.3 Å². The third-order valence-corrected chi connectivity index (χ3v) is 8.20. The van der Waals surface area contributed by atoms with Crippen LogP contribution in [0.2, 0.25) is 5.02 Å². The van der Waals surface area contributed by atoms with Gasteiger partial charge in [0.05, 0.1) is 11.4 Å². The van der Waals surface area contributed by atoms with Gasteiger partial charge in [0.2, 0.25) is 6.17 Å². The molecular weight excluding hydrogens is 597 g/mol. The number of hydrogen-bond acceptors (Lipinski definition) is 4. The fourth-order valence-corrected chi connectivity index (χ4v) is 5.98. The maximum Gasteiger partial charge on any atom is 0.406 e. The standard InChI is InChI=1S/C31H28ClF3N6O3/c32-21-10-11-23-25(16-21)41(18-31(33,34)35)28(42)27(37-26(23)19-6-2-1-3-7-19)38-29(43)39-14-12-22(13-15-39)40-17-20-8-4-5-9-24(20)36-30(40)44/h1-11,16,22,27H,12-15,17-18H2,(H,36,44)(H,38,43)/t27-/m0/s1. The summed E-state index contributed by atoms with van der Waals surface area (Å²) in [7, 11) is 0. The van der Waals surface area contributed by atoms with Crippen LogP contribution < -0.4 is 15.5 Å². The molecule has 0 unspecified atom stereocenters. The van der Waals surface area contributed by atoms with Gasteiger partial charge in [-0.25, -0.2) is 14.6 Å². The van der Waals surface area contributed by atoms with Crippen molar-refractivity contribution in [2.75, 3.05) is 29.9 Å². The molecule has 228 valence electrons. The molecule has 0 saturated carbocycles. The molecule has 0 spiro atoms. The van der Waals surface area contributed by atoms with Crippen molar-refractivity contribution in [3.8, 4) is 0 Å². The van der Waals surface area contributed by atoms with Gasteiger partial charge in [-0.1, -0.05) is 60.1 Å². The van der Waals surface area contributed by atoms with Gasteiger partial charge in [-0.05, 0) is 42.7 Å². The van der Waals surface area contributed by atoms with Gasteiger partial charge in [-0.3, -0.25) is 9.69 Å². The van der Waals surface area contributed by atoms with Crippen LogP contribution >= 0.6 is 11.6 Å². The molecular formula is C31H28ClF3N6O3. The van der Waals surface area contributed by atoms with E-state index in [1.807, 2.05) is 24.3 Å². The lowest BCUT2D eigenvalue weighted by molar-refractivity contribution is -0.133. The number of carbonyl (C=O) groups excluding carboxylic acids is 3. The Hall–Kier alpha value is -4.58. The van der Waals surface area contributed by atoms with Crippen LogP contribution in [0.5, 0.6) is 0 Å². The van der Waals surface area contributed by atoms with Crippen LogP contribution in [0.1, 0.15) is 29.5 Å². The number of carbonyl (C=O) groups is 3. The first-order valence-corrected chi connectivity index (χ1v) is 14.5. The summed E-state index contributed by atoms with van der Waals surface area (Å²) in [5.74, 6) is -1.04. The zero-order valence-corrected chi connectivity index (χ0v) is 24.1. The van der Waals surface area contributed by atoms with Crippen molar-refractivity contribution in [1.29, 1.82) is 0 Å². The number of amides is 5. The summed E-state index contributed by atoms with van der Waals surface area (Å²) in [4.78, 5) is 48.2. The van der Waals surface area contributed by atoms with E-state index in [1.165, 1.54) is 23.1 Å². The van der Waals surface area contributed by atoms with Gasteiger partial charge < -0.3 is 20.4 Å². The summed E-state index contributed by atoms with van der Waals surface area (Å²) < 4.78 is 41.2. The first-order chi connectivity index (χ1) is 21.1. The number of rotatable bonds is 4. The minimum absolute atomic E-state index is 0.0543. The summed E-state index contributed by atoms with van der Waals surface area (Å²) in [6.45, 7) is -0.581. The summed E-state index contributed by atoms with van der Waals surface area (Å²) >= 11 is 6.17. The molecule has 6 rings (SSSR count). The Labute approximate surface area is 256 Å². The number of halogens is 4. The Morgan fingerprint density at radius 1 is 1.00 bits per heavy atom. The number of nitrogens with one attached hydrogen (secondary N) is 2. The number of aliphatic imine (C=N–C) groups is 1. The zero-order chi connectivity index (χ0) is 31.0. The van der Waals surface area contributed by atoms with E-state index in [-0.39, 0.29) is 47.1 Å². The lowest BCUT2D eigenvalue weighted by Gasteiger charge is -2.40. The molecule has 2 N–H and O–H groups in total. The SMILES string of the molecule is O=C(N[C@@H]1N=C(c2ccccc2)c2ccc(Cl)cc2N(CC(F)(F)F)C1=O)N1CCC(N2Cc3ccccc3NC2=O)CC1. The third-order valence-electron chi connectivity index (χ3n) is 7.96. The number of hydrogen-bond donors (Lipinski definition) is 2. The van der Waals surface area contributed by atoms with Gasteiger partial charge in [0, 0.05) is 47.5 Å². The third kappa shape index (κ3) is 6.07. The minimum Gasteiger partial charge on any atom is -0.325 e. The lowest BCUT2D eigenvalue weighted by Crippen LogP contribution is -2.56. The van der Waals surface area contributed by atoms with Crippen LogP contribution in [-0.4, -0.2) is 71.5 Å². The van der Waals surface area contributed by atoms with E-state index in [4.69, 9.17) is 11.6 Å². The van der Waals surface area contributed by atoms with Crippen LogP contribution in [0, 0.1) is 0 Å². The van der Waals surface area contributed by atoms with Crippen molar-refractivity contribution < 1.29 is 27.6 Å². The van der Waals surface area contributed by atoms with Gasteiger partial charge in [-0.2, -0.15) is 13.2 Å². The molecule has 5 amide bonds. The number of benzodiazepines with no additional fused rings is 1. The number of nitrogens with zero attached hydrogens (tertiary/aromatic N) is 4. The van der Waals surface area contributed by atoms with Crippen molar-refractivity contribution in [2.45, 2.75) is 37.8 Å². The predicted octanol–water partition coefficient (Wildman–Crippen LogP) is 5.63. The topological polar surface area (TPSA) is 97.3 Å². The molecule has 0 aromatic heterocycles. The van der Waals surface area contributed by atoms with E-state index in [0.29, 0.717) is 29.8 Å². The van der Waals surface area contributed by atoms with Crippen molar-refractivity contribution >= 4 is 46.7 Å². The quantitative estimate of drug-likeness (QED) is 0.394. The largest absolute Gasteiger partial charge is 0.406 e. The highest BCUT2D eigenvalue weighted by atomic mass is 35.5. The van der Waals surface area contributed by atoms with Gasteiger partial charge in [0.15, 0.2) is 0 Å². The molecule has 44 heavy (non-hydrogen) atoms. The molecule has 3 aliphatic heterocycles. The fraction of sp³-hybridized carbons (Fsp3) is 0.290. The first-order valence-electron chi connectivity index (χ1n) is 14.1. The molecule has 1 saturated heterocycles. The molecule has 1 atom stereocenters. The number of alkyl halides is 3. The Morgan fingerprint density at radius 3 is 2.43 bits per heavy atom. The average molecular weight is 625 g/mol. The Morgan fingerprint density at radius 2 is 1.70 bits per heavy atom. The monoisotopic (exact) mass is 624 g/mol. The lowest BCUT2D eigenvalue weighted by atomic mass is 10.00. The van der Waals surface area contributed by atoms with E-state index in [2.05, 4.69) is 15.6 Å². The van der Waals surface area contributed by atoms with E-state index >= 15 is 0 Å². The minimum atomic E-state index is -4.73. The Kier molecular flexibility index (Phi) is 7.93. The highest BCUT2D eigenvalue weighted by Gasteiger charge is 2.41. The molecule has 9 nitrogen and oxygen atoms in total. The van der Waals surface area contributed by atoms with E-state index < -0.39 is 30.8 Å². The van der Waals surface area contributed by atoms with Gasteiger partial charge in [0.25, 0.3) is 5.91 Å². The second-order valence-corrected chi connectivity index (χ2v) is 11.3. The Balaban J connectivity index is 1.23. The first kappa shape index (κ1) is 29.5. The number of likely N-dealkylation sites (tertiary alicyclic amines) is 1. The highest BCUT2D eigenvalue weighted by Crippen LogP contribution is 2.33. The summed E-state index contributed by atoms with van der Waals surface area (Å²) in [5.41, 5.74) is 2.79. The van der Waals surface area contributed by atoms with Gasteiger partial charge >= 0.3 is 18.2 Å². The molecule has 0 radical (unpaired) electrons. The number of para-hydroxylation sites is 1. The number of benzene rings is 3. The van der Waals surface area contributed by atoms with Crippen molar-refractivity contribution in [1.82, 2.24) is 15.1 Å². The van der Waals surface area contributed by atoms with Gasteiger partial charge in [0.1, 0.15) is 6.54 Å². The summed E-state index contributed by atoms with van der Waals surface area (Å²) in [6.07, 6.45) is -5.38. The predicted molar refractivity (Wildman–Crippen MR) is 160 cm³/mol. The molecule has 3 aromatic rings.